The van der Waals surface area contributed by atoms with E-state index in [1.807, 2.05) is 32.9 Å². The van der Waals surface area contributed by atoms with Gasteiger partial charge < -0.3 is 9.47 Å². The first-order valence-corrected chi connectivity index (χ1v) is 4.74. The van der Waals surface area contributed by atoms with E-state index in [9.17, 15) is 4.79 Å². The number of ether oxygens (including phenoxy) is 2. The first-order chi connectivity index (χ1) is 6.46. The molecule has 0 spiro atoms. The minimum Gasteiger partial charge on any atom is -0.456 e. The lowest BCUT2D eigenvalue weighted by molar-refractivity contribution is -0.149. The van der Waals surface area contributed by atoms with Crippen molar-refractivity contribution in [3.8, 4) is 0 Å². The number of fused-ring (bicyclic) bond motifs is 1. The van der Waals surface area contributed by atoms with Gasteiger partial charge in [0.1, 0.15) is 17.8 Å². The summed E-state index contributed by atoms with van der Waals surface area (Å²) in [6.07, 6.45) is 5.77. The molecule has 0 bridgehead atoms. The van der Waals surface area contributed by atoms with Crippen LogP contribution in [0, 0.1) is 0 Å². The molecule has 2 unspecified atom stereocenters. The van der Waals surface area contributed by atoms with Crippen LogP contribution in [0.4, 0.5) is 0 Å². The standard InChI is InChI=1S/C11H14O3/c1-11(2,3)14-10(12)7-4-5-8-9(6-7)13-8/h4-6,8-9H,1-3H3. The van der Waals surface area contributed by atoms with E-state index in [2.05, 4.69) is 0 Å². The summed E-state index contributed by atoms with van der Waals surface area (Å²) in [5, 5.41) is 0. The van der Waals surface area contributed by atoms with Gasteiger partial charge in [0.15, 0.2) is 0 Å². The average molecular weight is 194 g/mol. The minimum absolute atomic E-state index is 0.0996. The van der Waals surface area contributed by atoms with E-state index in [0.717, 1.165) is 0 Å². The van der Waals surface area contributed by atoms with Gasteiger partial charge in [0.05, 0.1) is 5.57 Å². The molecule has 2 atom stereocenters. The van der Waals surface area contributed by atoms with Crippen LogP contribution in [0.15, 0.2) is 23.8 Å². The summed E-state index contributed by atoms with van der Waals surface area (Å²) in [5.41, 5.74) is 0.159. The van der Waals surface area contributed by atoms with E-state index in [-0.39, 0.29) is 18.2 Å². The molecule has 0 radical (unpaired) electrons. The van der Waals surface area contributed by atoms with Crippen LogP contribution in [-0.4, -0.2) is 23.8 Å². The molecule has 76 valence electrons. The van der Waals surface area contributed by atoms with Crippen molar-refractivity contribution in [2.24, 2.45) is 0 Å². The molecular formula is C11H14O3. The smallest absolute Gasteiger partial charge is 0.338 e. The summed E-state index contributed by atoms with van der Waals surface area (Å²) in [7, 11) is 0. The topological polar surface area (TPSA) is 38.8 Å². The Hall–Kier alpha value is -1.09. The van der Waals surface area contributed by atoms with Crippen molar-refractivity contribution < 1.29 is 14.3 Å². The molecule has 0 aromatic rings. The lowest BCUT2D eigenvalue weighted by Crippen LogP contribution is -2.25. The maximum absolute atomic E-state index is 11.6. The van der Waals surface area contributed by atoms with Gasteiger partial charge in [-0.3, -0.25) is 0 Å². The quantitative estimate of drug-likeness (QED) is 0.470. The van der Waals surface area contributed by atoms with Gasteiger partial charge in [-0.25, -0.2) is 4.79 Å². The molecule has 2 aliphatic rings. The third-order valence-corrected chi connectivity index (χ3v) is 2.01. The van der Waals surface area contributed by atoms with E-state index in [1.54, 1.807) is 6.08 Å². The van der Waals surface area contributed by atoms with Gasteiger partial charge in [0.2, 0.25) is 0 Å². The summed E-state index contributed by atoms with van der Waals surface area (Å²) in [6.45, 7) is 5.57. The first kappa shape index (κ1) is 9.46. The summed E-state index contributed by atoms with van der Waals surface area (Å²) in [6, 6.07) is 0. The van der Waals surface area contributed by atoms with Crippen molar-refractivity contribution in [1.29, 1.82) is 0 Å². The van der Waals surface area contributed by atoms with Crippen LogP contribution >= 0.6 is 0 Å². The molecule has 0 amide bonds. The lowest BCUT2D eigenvalue weighted by atomic mass is 10.1. The Morgan fingerprint density at radius 1 is 1.43 bits per heavy atom. The van der Waals surface area contributed by atoms with Crippen LogP contribution in [0.1, 0.15) is 20.8 Å². The van der Waals surface area contributed by atoms with Crippen LogP contribution in [0.2, 0.25) is 0 Å². The zero-order valence-electron chi connectivity index (χ0n) is 8.61. The number of esters is 1. The third-order valence-electron chi connectivity index (χ3n) is 2.01. The Morgan fingerprint density at radius 2 is 2.14 bits per heavy atom. The zero-order valence-corrected chi connectivity index (χ0v) is 8.61. The molecule has 14 heavy (non-hydrogen) atoms. The molecule has 1 aliphatic heterocycles. The second-order valence-corrected chi connectivity index (χ2v) is 4.55. The van der Waals surface area contributed by atoms with Crippen molar-refractivity contribution in [2.75, 3.05) is 0 Å². The molecule has 3 heteroatoms. The Kier molecular flexibility index (Phi) is 2.00. The fourth-order valence-corrected chi connectivity index (χ4v) is 1.33. The SMILES string of the molecule is CC(C)(C)OC(=O)C1=CC2OC2C=C1. The lowest BCUT2D eigenvalue weighted by Gasteiger charge is -2.20. The highest BCUT2D eigenvalue weighted by Crippen LogP contribution is 2.30. The largest absolute Gasteiger partial charge is 0.456 e. The predicted molar refractivity (Wildman–Crippen MR) is 51.7 cm³/mol. The van der Waals surface area contributed by atoms with E-state index in [4.69, 9.17) is 9.47 Å². The summed E-state index contributed by atoms with van der Waals surface area (Å²) in [5.74, 6) is -0.275. The minimum atomic E-state index is -0.437. The van der Waals surface area contributed by atoms with E-state index in [1.165, 1.54) is 0 Å². The van der Waals surface area contributed by atoms with Crippen molar-refractivity contribution in [1.82, 2.24) is 0 Å². The van der Waals surface area contributed by atoms with Gasteiger partial charge in [-0.1, -0.05) is 6.08 Å². The molecule has 0 aromatic carbocycles. The second kappa shape index (κ2) is 2.95. The number of rotatable bonds is 1. The molecule has 1 heterocycles. The van der Waals surface area contributed by atoms with Gasteiger partial charge in [-0.15, -0.1) is 0 Å². The fraction of sp³-hybridized carbons (Fsp3) is 0.545. The maximum Gasteiger partial charge on any atom is 0.338 e. The third kappa shape index (κ3) is 2.04. The van der Waals surface area contributed by atoms with Crippen LogP contribution in [0.3, 0.4) is 0 Å². The van der Waals surface area contributed by atoms with Crippen LogP contribution in [0.5, 0.6) is 0 Å². The Bertz CT molecular complexity index is 320. The van der Waals surface area contributed by atoms with Crippen LogP contribution < -0.4 is 0 Å². The molecule has 1 saturated heterocycles. The summed E-state index contributed by atoms with van der Waals surface area (Å²) >= 11 is 0. The predicted octanol–water partition coefficient (Wildman–Crippen LogP) is 1.59. The Morgan fingerprint density at radius 3 is 2.71 bits per heavy atom. The van der Waals surface area contributed by atoms with Gasteiger partial charge in [-0.05, 0) is 32.9 Å². The van der Waals surface area contributed by atoms with Gasteiger partial charge >= 0.3 is 5.97 Å². The highest BCUT2D eigenvalue weighted by atomic mass is 16.6. The second-order valence-electron chi connectivity index (χ2n) is 4.55. The summed E-state index contributed by atoms with van der Waals surface area (Å²) in [4.78, 5) is 11.6. The molecule has 1 aliphatic carbocycles. The van der Waals surface area contributed by atoms with E-state index in [0.29, 0.717) is 5.57 Å². The summed E-state index contributed by atoms with van der Waals surface area (Å²) < 4.78 is 10.4. The van der Waals surface area contributed by atoms with Crippen LogP contribution in [0.25, 0.3) is 0 Å². The molecule has 2 rings (SSSR count). The van der Waals surface area contributed by atoms with Crippen molar-refractivity contribution in [3.05, 3.63) is 23.8 Å². The first-order valence-electron chi connectivity index (χ1n) is 4.74. The molecule has 0 aromatic heterocycles. The number of epoxide rings is 1. The normalized spacial score (nSPS) is 29.2. The molecule has 1 fully saturated rings. The van der Waals surface area contributed by atoms with Crippen molar-refractivity contribution in [2.45, 2.75) is 38.6 Å². The molecular weight excluding hydrogens is 180 g/mol. The van der Waals surface area contributed by atoms with Gasteiger partial charge in [0.25, 0.3) is 0 Å². The highest BCUT2D eigenvalue weighted by Gasteiger charge is 2.38. The number of hydrogen-bond donors (Lipinski definition) is 0. The van der Waals surface area contributed by atoms with Crippen LogP contribution in [-0.2, 0) is 14.3 Å². The number of carbonyl (C=O) groups excluding carboxylic acids is 1. The highest BCUT2D eigenvalue weighted by molar-refractivity contribution is 5.92. The Balaban J connectivity index is 2.02. The zero-order chi connectivity index (χ0) is 10.3. The van der Waals surface area contributed by atoms with Crippen molar-refractivity contribution in [3.63, 3.8) is 0 Å². The van der Waals surface area contributed by atoms with Crippen molar-refractivity contribution >= 4 is 5.97 Å². The number of hydrogen-bond acceptors (Lipinski definition) is 3. The fourth-order valence-electron chi connectivity index (χ4n) is 1.33. The average Bonchev–Trinajstić information content (AvgIpc) is 2.77. The molecule has 3 nitrogen and oxygen atoms in total. The van der Waals surface area contributed by atoms with Gasteiger partial charge in [0, 0.05) is 0 Å². The van der Waals surface area contributed by atoms with E-state index >= 15 is 0 Å². The molecule has 0 saturated carbocycles. The molecule has 0 N–H and O–H groups in total. The van der Waals surface area contributed by atoms with Gasteiger partial charge in [-0.2, -0.15) is 0 Å². The number of carbonyl (C=O) groups is 1. The Labute approximate surface area is 83.4 Å². The monoisotopic (exact) mass is 194 g/mol. The maximum atomic E-state index is 11.6. The van der Waals surface area contributed by atoms with E-state index < -0.39 is 5.60 Å².